The minimum atomic E-state index is -1.34. The lowest BCUT2D eigenvalue weighted by Crippen LogP contribution is -2.14. The summed E-state index contributed by atoms with van der Waals surface area (Å²) in [7, 11) is 0. The molecule has 0 saturated heterocycles. The molecule has 3 rings (SSSR count). The SMILES string of the molecule is CCCCCCCC[C@H]1CC[C@H](c2ccc(C(=O)Oc3ccc(C#N)c(F)c3F)cc2)CC1. The van der Waals surface area contributed by atoms with Gasteiger partial charge >= 0.3 is 5.97 Å². The molecule has 2 aromatic carbocycles. The first kappa shape index (κ1) is 24.9. The summed E-state index contributed by atoms with van der Waals surface area (Å²) in [5.74, 6) is -2.59. The van der Waals surface area contributed by atoms with E-state index in [9.17, 15) is 13.6 Å². The Kier molecular flexibility index (Phi) is 9.42. The molecular formula is C28H33F2NO2. The number of nitrogens with zero attached hydrogens (tertiary/aromatic N) is 1. The molecule has 0 amide bonds. The standard InChI is InChI=1S/C28H33F2NO2/c1-2-3-4-5-6-7-8-20-9-11-21(12-10-20)22-13-15-23(16-14-22)28(32)33-25-18-17-24(19-31)26(29)27(25)30/h13-18,20-21H,2-12H2,1H3/t20-,21-. The Labute approximate surface area is 195 Å². The molecule has 0 unspecified atom stereocenters. The van der Waals surface area contributed by atoms with E-state index in [0.717, 1.165) is 18.1 Å². The summed E-state index contributed by atoms with van der Waals surface area (Å²) < 4.78 is 32.8. The van der Waals surface area contributed by atoms with Crippen LogP contribution in [0.1, 0.15) is 105 Å². The Morgan fingerprint density at radius 2 is 1.61 bits per heavy atom. The first-order chi connectivity index (χ1) is 16.0. The molecule has 1 aliphatic carbocycles. The molecule has 33 heavy (non-hydrogen) atoms. The first-order valence-electron chi connectivity index (χ1n) is 12.2. The van der Waals surface area contributed by atoms with Crippen molar-refractivity contribution in [1.82, 2.24) is 0 Å². The van der Waals surface area contributed by atoms with E-state index in [1.54, 1.807) is 18.2 Å². The number of hydrogen-bond acceptors (Lipinski definition) is 3. The van der Waals surface area contributed by atoms with Gasteiger partial charge in [-0.15, -0.1) is 0 Å². The smallest absolute Gasteiger partial charge is 0.343 e. The maximum atomic E-state index is 14.0. The van der Waals surface area contributed by atoms with Gasteiger partial charge in [-0.05, 0) is 67.3 Å². The molecule has 0 bridgehead atoms. The molecule has 0 atom stereocenters. The van der Waals surface area contributed by atoms with Crippen LogP contribution in [0.15, 0.2) is 36.4 Å². The summed E-state index contributed by atoms with van der Waals surface area (Å²) in [6.07, 6.45) is 14.3. The molecule has 1 aliphatic rings. The molecule has 0 heterocycles. The van der Waals surface area contributed by atoms with Gasteiger partial charge in [-0.1, -0.05) is 64.0 Å². The van der Waals surface area contributed by atoms with Crippen molar-refractivity contribution in [3.05, 3.63) is 64.7 Å². The second kappa shape index (κ2) is 12.5. The highest BCUT2D eigenvalue weighted by atomic mass is 19.2. The van der Waals surface area contributed by atoms with E-state index in [1.807, 2.05) is 12.1 Å². The molecule has 0 spiro atoms. The third-order valence-corrected chi connectivity index (χ3v) is 6.80. The van der Waals surface area contributed by atoms with Crippen molar-refractivity contribution in [2.45, 2.75) is 83.5 Å². The lowest BCUT2D eigenvalue weighted by atomic mass is 9.77. The van der Waals surface area contributed by atoms with E-state index in [-0.39, 0.29) is 5.56 Å². The van der Waals surface area contributed by atoms with Crippen LogP contribution in [-0.2, 0) is 0 Å². The zero-order valence-electron chi connectivity index (χ0n) is 19.4. The fourth-order valence-electron chi connectivity index (χ4n) is 4.74. The number of nitriles is 1. The number of halogens is 2. The Balaban J connectivity index is 1.47. The van der Waals surface area contributed by atoms with Crippen molar-refractivity contribution in [3.63, 3.8) is 0 Å². The van der Waals surface area contributed by atoms with Crippen LogP contribution in [0.3, 0.4) is 0 Å². The molecule has 3 nitrogen and oxygen atoms in total. The number of benzene rings is 2. The van der Waals surface area contributed by atoms with Gasteiger partial charge in [-0.2, -0.15) is 9.65 Å². The van der Waals surface area contributed by atoms with Gasteiger partial charge in [0.2, 0.25) is 5.82 Å². The number of unbranched alkanes of at least 4 members (excludes halogenated alkanes) is 5. The van der Waals surface area contributed by atoms with Crippen molar-refractivity contribution in [2.24, 2.45) is 5.92 Å². The van der Waals surface area contributed by atoms with Gasteiger partial charge in [0.25, 0.3) is 0 Å². The third-order valence-electron chi connectivity index (χ3n) is 6.80. The van der Waals surface area contributed by atoms with E-state index in [1.165, 1.54) is 76.2 Å². The largest absolute Gasteiger partial charge is 0.420 e. The predicted molar refractivity (Wildman–Crippen MR) is 125 cm³/mol. The molecule has 0 radical (unpaired) electrons. The average Bonchev–Trinajstić information content (AvgIpc) is 2.85. The number of esters is 1. The van der Waals surface area contributed by atoms with Crippen LogP contribution < -0.4 is 4.74 Å². The van der Waals surface area contributed by atoms with Gasteiger partial charge in [0.05, 0.1) is 11.1 Å². The van der Waals surface area contributed by atoms with Gasteiger partial charge in [0.15, 0.2) is 11.6 Å². The quantitative estimate of drug-likeness (QED) is 0.207. The van der Waals surface area contributed by atoms with Crippen molar-refractivity contribution in [3.8, 4) is 11.8 Å². The van der Waals surface area contributed by atoms with E-state index in [0.29, 0.717) is 5.92 Å². The number of ether oxygens (including phenoxy) is 1. The van der Waals surface area contributed by atoms with Crippen LogP contribution in [0.5, 0.6) is 5.75 Å². The van der Waals surface area contributed by atoms with Gasteiger partial charge in [-0.25, -0.2) is 9.18 Å². The Bertz CT molecular complexity index is 957. The van der Waals surface area contributed by atoms with Crippen LogP contribution in [-0.4, -0.2) is 5.97 Å². The summed E-state index contributed by atoms with van der Waals surface area (Å²) in [4.78, 5) is 12.4. The summed E-state index contributed by atoms with van der Waals surface area (Å²) in [5.41, 5.74) is 1.05. The molecular weight excluding hydrogens is 420 g/mol. The van der Waals surface area contributed by atoms with Crippen molar-refractivity contribution >= 4 is 5.97 Å². The molecule has 1 fully saturated rings. The van der Waals surface area contributed by atoms with Crippen molar-refractivity contribution < 1.29 is 18.3 Å². The van der Waals surface area contributed by atoms with E-state index in [2.05, 4.69) is 6.92 Å². The zero-order chi connectivity index (χ0) is 23.6. The van der Waals surface area contributed by atoms with Gasteiger partial charge in [0, 0.05) is 0 Å². The summed E-state index contributed by atoms with van der Waals surface area (Å²) >= 11 is 0. The van der Waals surface area contributed by atoms with Crippen LogP contribution >= 0.6 is 0 Å². The van der Waals surface area contributed by atoms with Gasteiger partial charge < -0.3 is 4.74 Å². The molecule has 5 heteroatoms. The average molecular weight is 454 g/mol. The van der Waals surface area contributed by atoms with Crippen molar-refractivity contribution in [2.75, 3.05) is 0 Å². The minimum Gasteiger partial charge on any atom is -0.420 e. The topological polar surface area (TPSA) is 50.1 Å². The van der Waals surface area contributed by atoms with Gasteiger partial charge in [0.1, 0.15) is 6.07 Å². The monoisotopic (exact) mass is 453 g/mol. The molecule has 2 aromatic rings. The van der Waals surface area contributed by atoms with Crippen molar-refractivity contribution in [1.29, 1.82) is 5.26 Å². The van der Waals surface area contributed by atoms with E-state index < -0.39 is 28.9 Å². The molecule has 1 saturated carbocycles. The highest BCUT2D eigenvalue weighted by molar-refractivity contribution is 5.91. The molecule has 0 N–H and O–H groups in total. The lowest BCUT2D eigenvalue weighted by Gasteiger charge is -2.29. The Morgan fingerprint density at radius 1 is 0.939 bits per heavy atom. The molecule has 176 valence electrons. The Morgan fingerprint density at radius 3 is 2.27 bits per heavy atom. The molecule has 0 aromatic heterocycles. The second-order valence-corrected chi connectivity index (χ2v) is 9.14. The highest BCUT2D eigenvalue weighted by Crippen LogP contribution is 2.38. The summed E-state index contributed by atoms with van der Waals surface area (Å²) in [6, 6.07) is 11.0. The number of carbonyl (C=O) groups is 1. The van der Waals surface area contributed by atoms with E-state index >= 15 is 0 Å². The highest BCUT2D eigenvalue weighted by Gasteiger charge is 2.23. The Hall–Kier alpha value is -2.74. The number of carbonyl (C=O) groups excluding carboxylic acids is 1. The fraction of sp³-hybridized carbons (Fsp3) is 0.500. The van der Waals surface area contributed by atoms with Crippen LogP contribution in [0, 0.1) is 28.9 Å². The first-order valence-corrected chi connectivity index (χ1v) is 12.2. The number of rotatable bonds is 10. The van der Waals surface area contributed by atoms with Crippen LogP contribution in [0.25, 0.3) is 0 Å². The normalized spacial score (nSPS) is 18.0. The predicted octanol–water partition coefficient (Wildman–Crippen LogP) is 8.08. The zero-order valence-corrected chi connectivity index (χ0v) is 19.4. The molecule has 0 aliphatic heterocycles. The maximum absolute atomic E-state index is 14.0. The van der Waals surface area contributed by atoms with Crippen LogP contribution in [0.4, 0.5) is 8.78 Å². The van der Waals surface area contributed by atoms with E-state index in [4.69, 9.17) is 10.00 Å². The lowest BCUT2D eigenvalue weighted by molar-refractivity contribution is 0.0726. The third kappa shape index (κ3) is 6.87. The fourth-order valence-corrected chi connectivity index (χ4v) is 4.74. The summed E-state index contributed by atoms with van der Waals surface area (Å²) in [6.45, 7) is 2.25. The minimum absolute atomic E-state index is 0.277. The maximum Gasteiger partial charge on any atom is 0.343 e. The summed E-state index contributed by atoms with van der Waals surface area (Å²) in [5, 5.41) is 8.75. The second-order valence-electron chi connectivity index (χ2n) is 9.14. The van der Waals surface area contributed by atoms with Gasteiger partial charge in [-0.3, -0.25) is 0 Å². The number of hydrogen-bond donors (Lipinski definition) is 0. The van der Waals surface area contributed by atoms with Crippen LogP contribution in [0.2, 0.25) is 0 Å².